The quantitative estimate of drug-likeness (QED) is 0.0204. The van der Waals surface area contributed by atoms with Crippen molar-refractivity contribution in [3.8, 4) is 40.2 Å². The first-order valence-corrected chi connectivity index (χ1v) is 44.9. The maximum absolute atomic E-state index is 14.5. The number of aliphatic hydroxyl groups is 4. The van der Waals surface area contributed by atoms with Gasteiger partial charge in [-0.15, -0.1) is 36.2 Å². The van der Waals surface area contributed by atoms with E-state index in [1.54, 1.807) is 116 Å². The molecule has 2 amide bonds. The second kappa shape index (κ2) is 41.4. The topological polar surface area (TPSA) is 416 Å². The summed E-state index contributed by atoms with van der Waals surface area (Å²) >= 11 is 3.26. The molecule has 5 aliphatic heterocycles. The van der Waals surface area contributed by atoms with Gasteiger partial charge in [0.2, 0.25) is 6.29 Å². The molecule has 1 saturated heterocycles. The number of hydrogen-bond acceptors (Lipinski definition) is 32. The summed E-state index contributed by atoms with van der Waals surface area (Å²) in [7, 11) is -6.10. The zero-order chi connectivity index (χ0) is 87.0. The van der Waals surface area contributed by atoms with E-state index < -0.39 is 74.8 Å². The molecule has 3 aromatic heterocycles. The molecule has 9 aromatic rings. The molecule has 656 valence electrons. The van der Waals surface area contributed by atoms with Crippen LogP contribution >= 0.6 is 22.7 Å². The van der Waals surface area contributed by atoms with Crippen LogP contribution in [0.1, 0.15) is 127 Å². The van der Waals surface area contributed by atoms with Gasteiger partial charge in [-0.1, -0.05) is 41.1 Å². The molecule has 37 heteroatoms. The molecule has 5 aliphatic rings. The van der Waals surface area contributed by atoms with Crippen LogP contribution in [0, 0.1) is 6.92 Å². The maximum Gasteiger partial charge on any atom is 0.501 e. The second-order valence-electron chi connectivity index (χ2n) is 29.8. The first kappa shape index (κ1) is 89.5. The molecule has 124 heavy (non-hydrogen) atoms. The van der Waals surface area contributed by atoms with Crippen LogP contribution in [-0.2, 0) is 101 Å². The van der Waals surface area contributed by atoms with Crippen molar-refractivity contribution in [3.05, 3.63) is 209 Å². The molecule has 2 unspecified atom stereocenters. The monoisotopic (exact) mass is 1780 g/mol. The van der Waals surface area contributed by atoms with Gasteiger partial charge in [-0.05, 0) is 132 Å². The van der Waals surface area contributed by atoms with Crippen molar-refractivity contribution in [2.45, 2.75) is 139 Å². The van der Waals surface area contributed by atoms with E-state index >= 15 is 0 Å². The Morgan fingerprint density at radius 2 is 1.09 bits per heavy atom. The Labute approximate surface area is 722 Å². The fourth-order valence-electron chi connectivity index (χ4n) is 14.4. The van der Waals surface area contributed by atoms with E-state index in [2.05, 4.69) is 10.3 Å². The number of rotatable bonds is 44. The number of benzene rings is 6. The number of thiophene rings is 2. The predicted molar refractivity (Wildman–Crippen MR) is 450 cm³/mol. The van der Waals surface area contributed by atoms with Crippen molar-refractivity contribution in [2.75, 3.05) is 86.0 Å². The van der Waals surface area contributed by atoms with E-state index in [0.717, 1.165) is 22.8 Å². The number of sulfone groups is 1. The molecular weight excluding hydrogens is 1690 g/mol. The highest BCUT2D eigenvalue weighted by Gasteiger charge is 2.46. The van der Waals surface area contributed by atoms with Gasteiger partial charge >= 0.3 is 10.4 Å². The largest absolute Gasteiger partial charge is 0.501 e. The van der Waals surface area contributed by atoms with Crippen LogP contribution in [0.4, 0.5) is 11.4 Å². The minimum absolute atomic E-state index is 0.0535. The molecule has 0 aliphatic carbocycles. The molecule has 7 atom stereocenters. The first-order valence-electron chi connectivity index (χ1n) is 40.1. The SMILES string of the molecule is COc1cc2c(cc1OCc1cc(COc3cc4c(cc3OC)C(=O)N3Cc5ccsc5C[C@H]3C=N4)cc(OS(=O)(=O)Oc3cc(C(=O)CCCOCCOCCOCCn4cc(COCCOCCCC(=O)c5cccc(C(=O)CCS(=O)(=O)c6ccc(C)cc6)c5)nn4)ccc3OC3O[C@H](CO)[C@H](O)[C@H](O)[C@H]3O)c1)N=CC1Cc3sccc3CN1C2=O. The molecule has 0 saturated carbocycles. The number of amides is 2. The Hall–Kier alpha value is -10.8. The Bertz CT molecular complexity index is 5460. The number of aryl methyl sites for hydroxylation is 1. The number of hydrogen-bond donors (Lipinski definition) is 4. The number of fused-ring (bicyclic) bond motifs is 6. The number of carbonyl (C=O) groups is 5. The van der Waals surface area contributed by atoms with Crippen molar-refractivity contribution in [1.29, 1.82) is 0 Å². The second-order valence-corrected chi connectivity index (χ2v) is 35.0. The van der Waals surface area contributed by atoms with Gasteiger partial charge in [0.25, 0.3) is 11.8 Å². The number of methoxy groups -OCH3 is 2. The van der Waals surface area contributed by atoms with Crippen LogP contribution in [0.2, 0.25) is 0 Å². The molecule has 0 radical (unpaired) electrons. The third kappa shape index (κ3) is 22.5. The lowest BCUT2D eigenvalue weighted by atomic mass is 9.99. The summed E-state index contributed by atoms with van der Waals surface area (Å²) in [6.45, 7) is 4.17. The fourth-order valence-corrected chi connectivity index (χ4v) is 18.3. The van der Waals surface area contributed by atoms with Gasteiger partial charge in [0.1, 0.15) is 49.1 Å². The van der Waals surface area contributed by atoms with Crippen LogP contribution in [0.25, 0.3) is 0 Å². The number of carbonyl (C=O) groups excluding carboxylic acids is 5. The number of aliphatic hydroxyl groups excluding tert-OH is 4. The summed E-state index contributed by atoms with van der Waals surface area (Å²) < 4.78 is 132. The van der Waals surface area contributed by atoms with Crippen LogP contribution in [-0.4, -0.2) is 232 Å². The van der Waals surface area contributed by atoms with Gasteiger partial charge in [-0.2, -0.15) is 0 Å². The smallest absolute Gasteiger partial charge is 0.493 e. The normalized spacial score (nSPS) is 18.4. The number of ether oxygens (including phenoxy) is 11. The maximum atomic E-state index is 14.5. The van der Waals surface area contributed by atoms with Crippen molar-refractivity contribution >= 4 is 95.9 Å². The summed E-state index contributed by atoms with van der Waals surface area (Å²) in [5.41, 5.74) is 6.15. The molecule has 0 bridgehead atoms. The zero-order valence-corrected chi connectivity index (χ0v) is 71.2. The van der Waals surface area contributed by atoms with Gasteiger partial charge in [-0.3, -0.25) is 34.0 Å². The average Bonchev–Trinajstić information content (AvgIpc) is 1.59. The fraction of sp³-hybridized carbons (Fsp3) is 0.391. The van der Waals surface area contributed by atoms with Gasteiger partial charge in [0.05, 0.1) is 132 Å². The third-order valence-electron chi connectivity index (χ3n) is 21.1. The lowest BCUT2D eigenvalue weighted by Crippen LogP contribution is -2.60. The molecule has 0 spiro atoms. The third-order valence-corrected chi connectivity index (χ3v) is 25.6. The summed E-state index contributed by atoms with van der Waals surface area (Å²) in [6, 6.07) is 30.4. The van der Waals surface area contributed by atoms with Gasteiger partial charge in [-0.25, -0.2) is 13.1 Å². The van der Waals surface area contributed by atoms with Gasteiger partial charge < -0.3 is 90.7 Å². The van der Waals surface area contributed by atoms with Crippen LogP contribution < -0.4 is 32.1 Å². The molecular formula is C87H93N7O26S4. The minimum atomic E-state index is -5.30. The Kier molecular flexibility index (Phi) is 29.9. The van der Waals surface area contributed by atoms with Crippen LogP contribution in [0.15, 0.2) is 153 Å². The van der Waals surface area contributed by atoms with Gasteiger partial charge in [0, 0.05) is 109 Å². The summed E-state index contributed by atoms with van der Waals surface area (Å²) in [5, 5.41) is 54.6. The molecule has 1 fully saturated rings. The number of nitrogens with zero attached hydrogens (tertiary/aromatic N) is 7. The summed E-state index contributed by atoms with van der Waals surface area (Å²) in [6.07, 6.45) is -1.88. The zero-order valence-electron chi connectivity index (χ0n) is 68.0. The van der Waals surface area contributed by atoms with Crippen LogP contribution in [0.3, 0.4) is 0 Å². The lowest BCUT2D eigenvalue weighted by Gasteiger charge is -2.39. The van der Waals surface area contributed by atoms with E-state index in [1.807, 2.05) is 29.8 Å². The Morgan fingerprint density at radius 1 is 0.548 bits per heavy atom. The van der Waals surface area contributed by atoms with Crippen molar-refractivity contribution in [3.63, 3.8) is 0 Å². The van der Waals surface area contributed by atoms with Crippen molar-refractivity contribution in [2.24, 2.45) is 9.98 Å². The number of ketones is 3. The highest BCUT2D eigenvalue weighted by atomic mass is 32.3. The van der Waals surface area contributed by atoms with Crippen molar-refractivity contribution in [1.82, 2.24) is 24.8 Å². The van der Waals surface area contributed by atoms with E-state index in [-0.39, 0.29) is 178 Å². The first-order chi connectivity index (χ1) is 60.0. The summed E-state index contributed by atoms with van der Waals surface area (Å²) in [4.78, 5) is 83.8. The number of aromatic nitrogens is 3. The van der Waals surface area contributed by atoms with Gasteiger partial charge in [0.15, 0.2) is 61.7 Å². The number of Topliss-reactive ketones (excluding diaryl/α,β-unsaturated/α-hetero) is 3. The lowest BCUT2D eigenvalue weighted by molar-refractivity contribution is -0.277. The van der Waals surface area contributed by atoms with E-state index in [4.69, 9.17) is 70.5 Å². The molecule has 14 rings (SSSR count). The molecule has 4 N–H and O–H groups in total. The average molecular weight is 1780 g/mol. The highest BCUT2D eigenvalue weighted by molar-refractivity contribution is 7.91. The molecule has 8 heterocycles. The minimum Gasteiger partial charge on any atom is -0.493 e. The number of aliphatic imine (C=N–C) groups is 2. The van der Waals surface area contributed by atoms with Crippen molar-refractivity contribution < 1.29 is 122 Å². The molecule has 33 nitrogen and oxygen atoms in total. The van der Waals surface area contributed by atoms with E-state index in [1.165, 1.54) is 66.4 Å². The van der Waals surface area contributed by atoms with E-state index in [9.17, 15) is 61.2 Å². The van der Waals surface area contributed by atoms with E-state index in [0.29, 0.717) is 97.0 Å². The predicted octanol–water partition coefficient (Wildman–Crippen LogP) is 9.29. The van der Waals surface area contributed by atoms with Crippen LogP contribution in [0.5, 0.6) is 40.2 Å². The summed E-state index contributed by atoms with van der Waals surface area (Å²) in [5.74, 6) is -2.47. The molecule has 6 aromatic carbocycles. The standard InChI is InChI=1S/C87H93N7O26S4/c1-53-11-14-65(15-12-53)123(104,105)32-19-72(98)57-8-4-7-56(36-57)70(96)9-5-22-111-28-29-114-52-61-48-92(91-90-61)20-23-112-25-27-113-26-24-110-21-6-10-71(97)58-13-16-73(117-87-84(101)83(100)82(99)79(49-95)118-87)78(37-58)120-124(106,107)119-64-34-54(50-115-76-42-68-66(40-74(76)108-2)85(102)93-46-59-17-30-121-80(59)38-62(93)44-88-68)33-55(35-64)51-116-77-43-69-67(41-75(77)109-3)86(103)94-47-60-18-31-122-81(60)39-63(94)45-89-69/h4,7-8,11-18,30-31,33-37,40-45,48,62-63,79,82-84,87,95,99-101H,5-6,9-10,19-29,32,38-39,46-47,49-52H2,1-3H3/t62-,63?,79+,82-,83-,84+,87?/m0/s1. The Morgan fingerprint density at radius 3 is 1.65 bits per heavy atom. The highest BCUT2D eigenvalue weighted by Crippen LogP contribution is 2.43. The Balaban J connectivity index is 0.551.